The SMILES string of the molecule is O=C(O)C1(Nc2cccc(F)c2)CCN2CCCCC21. The van der Waals surface area contributed by atoms with Crippen molar-refractivity contribution in [3.8, 4) is 0 Å². The summed E-state index contributed by atoms with van der Waals surface area (Å²) >= 11 is 0. The maximum Gasteiger partial charge on any atom is 0.331 e. The van der Waals surface area contributed by atoms with Crippen LogP contribution in [0.4, 0.5) is 10.1 Å². The summed E-state index contributed by atoms with van der Waals surface area (Å²) in [5, 5.41) is 12.9. The number of hydrogen-bond acceptors (Lipinski definition) is 3. The summed E-state index contributed by atoms with van der Waals surface area (Å²) in [6.45, 7) is 1.75. The lowest BCUT2D eigenvalue weighted by Crippen LogP contribution is -2.57. The van der Waals surface area contributed by atoms with Crippen LogP contribution in [0, 0.1) is 5.82 Å². The lowest BCUT2D eigenvalue weighted by molar-refractivity contribution is -0.143. The molecule has 0 amide bonds. The number of halogens is 1. The minimum Gasteiger partial charge on any atom is -0.479 e. The molecular weight excluding hydrogens is 259 g/mol. The maximum atomic E-state index is 13.3. The highest BCUT2D eigenvalue weighted by Crippen LogP contribution is 2.38. The summed E-state index contributed by atoms with van der Waals surface area (Å²) in [5.74, 6) is -1.19. The Hall–Kier alpha value is -1.62. The molecule has 0 saturated carbocycles. The number of aliphatic carboxylic acids is 1. The van der Waals surface area contributed by atoms with Gasteiger partial charge in [0.2, 0.25) is 0 Å². The summed E-state index contributed by atoms with van der Waals surface area (Å²) in [6.07, 6.45) is 3.63. The molecule has 1 aromatic carbocycles. The van der Waals surface area contributed by atoms with Crippen LogP contribution in [0.1, 0.15) is 25.7 Å². The first kappa shape index (κ1) is 13.4. The van der Waals surface area contributed by atoms with Crippen LogP contribution >= 0.6 is 0 Å². The van der Waals surface area contributed by atoms with E-state index in [9.17, 15) is 14.3 Å². The number of nitrogens with one attached hydrogen (secondary N) is 1. The molecule has 0 aliphatic carbocycles. The number of hydrogen-bond donors (Lipinski definition) is 2. The number of carboxylic acid groups (broad SMARTS) is 1. The van der Waals surface area contributed by atoms with Crippen LogP contribution < -0.4 is 5.32 Å². The zero-order chi connectivity index (χ0) is 14.2. The lowest BCUT2D eigenvalue weighted by Gasteiger charge is -2.39. The molecule has 0 spiro atoms. The molecule has 4 nitrogen and oxygen atoms in total. The second-order valence-electron chi connectivity index (χ2n) is 5.71. The number of fused-ring (bicyclic) bond motifs is 1. The van der Waals surface area contributed by atoms with Gasteiger partial charge in [-0.15, -0.1) is 0 Å². The van der Waals surface area contributed by atoms with E-state index in [1.807, 2.05) is 0 Å². The molecule has 2 saturated heterocycles. The first-order valence-electron chi connectivity index (χ1n) is 7.13. The number of carboxylic acids is 1. The van der Waals surface area contributed by atoms with Gasteiger partial charge in [0, 0.05) is 18.3 Å². The monoisotopic (exact) mass is 278 g/mol. The molecule has 2 fully saturated rings. The van der Waals surface area contributed by atoms with Crippen LogP contribution in [0.25, 0.3) is 0 Å². The van der Waals surface area contributed by atoms with E-state index in [0.29, 0.717) is 12.1 Å². The molecular formula is C15H19FN2O2. The van der Waals surface area contributed by atoms with Crippen molar-refractivity contribution in [3.05, 3.63) is 30.1 Å². The van der Waals surface area contributed by atoms with Crippen molar-refractivity contribution in [2.45, 2.75) is 37.3 Å². The summed E-state index contributed by atoms with van der Waals surface area (Å²) in [4.78, 5) is 14.1. The minimum atomic E-state index is -0.992. The summed E-state index contributed by atoms with van der Waals surface area (Å²) in [7, 11) is 0. The van der Waals surface area contributed by atoms with Crippen LogP contribution in [0.2, 0.25) is 0 Å². The van der Waals surface area contributed by atoms with Gasteiger partial charge >= 0.3 is 5.97 Å². The normalized spacial score (nSPS) is 29.9. The Morgan fingerprint density at radius 1 is 1.40 bits per heavy atom. The first-order chi connectivity index (χ1) is 9.62. The molecule has 20 heavy (non-hydrogen) atoms. The third kappa shape index (κ3) is 2.16. The van der Waals surface area contributed by atoms with E-state index in [0.717, 1.165) is 32.4 Å². The van der Waals surface area contributed by atoms with E-state index >= 15 is 0 Å². The van der Waals surface area contributed by atoms with Crippen molar-refractivity contribution < 1.29 is 14.3 Å². The largest absolute Gasteiger partial charge is 0.479 e. The molecule has 5 heteroatoms. The highest BCUT2D eigenvalue weighted by atomic mass is 19.1. The Balaban J connectivity index is 1.90. The van der Waals surface area contributed by atoms with E-state index in [1.165, 1.54) is 12.1 Å². The van der Waals surface area contributed by atoms with Gasteiger partial charge in [-0.25, -0.2) is 9.18 Å². The van der Waals surface area contributed by atoms with Crippen molar-refractivity contribution in [1.82, 2.24) is 4.90 Å². The van der Waals surface area contributed by atoms with E-state index in [1.54, 1.807) is 12.1 Å². The highest BCUT2D eigenvalue weighted by molar-refractivity contribution is 5.84. The molecule has 2 atom stereocenters. The van der Waals surface area contributed by atoms with Gasteiger partial charge in [-0.2, -0.15) is 0 Å². The molecule has 2 aliphatic rings. The predicted molar refractivity (Wildman–Crippen MR) is 74.2 cm³/mol. The number of benzene rings is 1. The molecule has 0 bridgehead atoms. The molecule has 3 rings (SSSR count). The molecule has 0 aromatic heterocycles. The fourth-order valence-corrected chi connectivity index (χ4v) is 3.58. The summed E-state index contributed by atoms with van der Waals surface area (Å²) < 4.78 is 13.3. The van der Waals surface area contributed by atoms with Crippen LogP contribution in [-0.2, 0) is 4.79 Å². The molecule has 1 aromatic rings. The van der Waals surface area contributed by atoms with Gasteiger partial charge in [0.05, 0.1) is 0 Å². The lowest BCUT2D eigenvalue weighted by atomic mass is 9.85. The van der Waals surface area contributed by atoms with Crippen LogP contribution in [0.3, 0.4) is 0 Å². The van der Waals surface area contributed by atoms with Crippen LogP contribution in [0.15, 0.2) is 24.3 Å². The Morgan fingerprint density at radius 3 is 3.00 bits per heavy atom. The standard InChI is InChI=1S/C15H19FN2O2/c16-11-4-3-5-12(10-11)17-15(14(19)20)7-9-18-8-2-1-6-13(15)18/h3-5,10,13,17H,1-2,6-9H2,(H,19,20). The number of rotatable bonds is 3. The maximum absolute atomic E-state index is 13.3. The number of piperidine rings is 1. The fourth-order valence-electron chi connectivity index (χ4n) is 3.58. The Morgan fingerprint density at radius 2 is 2.25 bits per heavy atom. The summed E-state index contributed by atoms with van der Waals surface area (Å²) in [5.41, 5.74) is -0.450. The van der Waals surface area contributed by atoms with Crippen molar-refractivity contribution in [1.29, 1.82) is 0 Å². The van der Waals surface area contributed by atoms with E-state index in [4.69, 9.17) is 0 Å². The smallest absolute Gasteiger partial charge is 0.331 e. The topological polar surface area (TPSA) is 52.6 Å². The third-order valence-corrected chi connectivity index (χ3v) is 4.55. The van der Waals surface area contributed by atoms with Gasteiger partial charge in [0.25, 0.3) is 0 Å². The van der Waals surface area contributed by atoms with Crippen molar-refractivity contribution in [2.75, 3.05) is 18.4 Å². The van der Waals surface area contributed by atoms with E-state index in [2.05, 4.69) is 10.2 Å². The van der Waals surface area contributed by atoms with E-state index < -0.39 is 11.5 Å². The zero-order valence-electron chi connectivity index (χ0n) is 11.3. The van der Waals surface area contributed by atoms with Gasteiger partial charge in [0.15, 0.2) is 5.54 Å². The van der Waals surface area contributed by atoms with Crippen molar-refractivity contribution in [2.24, 2.45) is 0 Å². The molecule has 0 radical (unpaired) electrons. The van der Waals surface area contributed by atoms with E-state index in [-0.39, 0.29) is 11.9 Å². The number of anilines is 1. The molecule has 2 N–H and O–H groups in total. The fraction of sp³-hybridized carbons (Fsp3) is 0.533. The van der Waals surface area contributed by atoms with Crippen molar-refractivity contribution in [3.63, 3.8) is 0 Å². The highest BCUT2D eigenvalue weighted by Gasteiger charge is 2.53. The molecule has 108 valence electrons. The molecule has 2 aliphatic heterocycles. The molecule has 2 heterocycles. The average Bonchev–Trinajstić information content (AvgIpc) is 2.79. The first-order valence-corrected chi connectivity index (χ1v) is 7.13. The van der Waals surface area contributed by atoms with Crippen LogP contribution in [-0.4, -0.2) is 40.6 Å². The van der Waals surface area contributed by atoms with Gasteiger partial charge < -0.3 is 10.4 Å². The minimum absolute atomic E-state index is 0.00276. The quantitative estimate of drug-likeness (QED) is 0.891. The molecule has 2 unspecified atom stereocenters. The van der Waals surface area contributed by atoms with Gasteiger partial charge in [-0.05, 0) is 44.0 Å². The van der Waals surface area contributed by atoms with Gasteiger partial charge in [-0.3, -0.25) is 4.90 Å². The third-order valence-electron chi connectivity index (χ3n) is 4.55. The number of nitrogens with zero attached hydrogens (tertiary/aromatic N) is 1. The zero-order valence-corrected chi connectivity index (χ0v) is 11.3. The number of carbonyl (C=O) groups is 1. The average molecular weight is 278 g/mol. The second kappa shape index (κ2) is 5.05. The Bertz CT molecular complexity index is 522. The predicted octanol–water partition coefficient (Wildman–Crippen LogP) is 2.32. The Kier molecular flexibility index (Phi) is 3.38. The Labute approximate surface area is 117 Å². The second-order valence-corrected chi connectivity index (χ2v) is 5.71. The van der Waals surface area contributed by atoms with Gasteiger partial charge in [0.1, 0.15) is 5.82 Å². The van der Waals surface area contributed by atoms with Gasteiger partial charge in [-0.1, -0.05) is 12.5 Å². The van der Waals surface area contributed by atoms with Crippen LogP contribution in [0.5, 0.6) is 0 Å². The van der Waals surface area contributed by atoms with Crippen molar-refractivity contribution >= 4 is 11.7 Å². The summed E-state index contributed by atoms with van der Waals surface area (Å²) in [6, 6.07) is 6.04.